The Morgan fingerprint density at radius 1 is 1.00 bits per heavy atom. The van der Waals surface area contributed by atoms with Gasteiger partial charge in [-0.15, -0.1) is 0 Å². The van der Waals surface area contributed by atoms with Crippen LogP contribution in [-0.2, 0) is 6.42 Å². The van der Waals surface area contributed by atoms with Crippen LogP contribution in [0.1, 0.15) is 63.9 Å². The Labute approximate surface area is 133 Å². The van der Waals surface area contributed by atoms with Crippen LogP contribution < -0.4 is 4.74 Å². The van der Waals surface area contributed by atoms with E-state index in [1.165, 1.54) is 58.1 Å². The Morgan fingerprint density at radius 3 is 2.23 bits per heavy atom. The van der Waals surface area contributed by atoms with Gasteiger partial charge in [-0.3, -0.25) is 0 Å². The molecular weight excluding hydrogens is 282 g/mol. The van der Waals surface area contributed by atoms with Gasteiger partial charge in [-0.2, -0.15) is 4.39 Å². The topological polar surface area (TPSA) is 9.23 Å². The average molecular weight is 310 g/mol. The van der Waals surface area contributed by atoms with E-state index in [-0.39, 0.29) is 5.75 Å². The summed E-state index contributed by atoms with van der Waals surface area (Å²) in [6.07, 6.45) is 10.7. The number of halogens is 2. The zero-order chi connectivity index (χ0) is 15.9. The van der Waals surface area contributed by atoms with E-state index in [0.29, 0.717) is 17.9 Å². The molecule has 0 heterocycles. The predicted octanol–water partition coefficient (Wildman–Crippen LogP) is 5.90. The molecule has 0 unspecified atom stereocenters. The maximum Gasteiger partial charge on any atom is 0.200 e. The van der Waals surface area contributed by atoms with Gasteiger partial charge in [-0.25, -0.2) is 4.39 Å². The van der Waals surface area contributed by atoms with Gasteiger partial charge in [0, 0.05) is 0 Å². The number of rotatable bonds is 7. The molecule has 1 aromatic rings. The molecule has 2 rings (SSSR count). The summed E-state index contributed by atoms with van der Waals surface area (Å²) in [6.45, 7) is 2.24. The third-order valence-corrected chi connectivity index (χ3v) is 5.10. The highest BCUT2D eigenvalue weighted by atomic mass is 19.2. The molecule has 1 aliphatic rings. The first-order chi connectivity index (χ1) is 10.7. The first-order valence-electron chi connectivity index (χ1n) is 8.66. The van der Waals surface area contributed by atoms with Gasteiger partial charge in [0.2, 0.25) is 5.82 Å². The van der Waals surface area contributed by atoms with Crippen LogP contribution in [-0.4, -0.2) is 7.11 Å². The minimum atomic E-state index is -0.858. The van der Waals surface area contributed by atoms with E-state index in [1.54, 1.807) is 6.07 Å². The summed E-state index contributed by atoms with van der Waals surface area (Å²) in [5, 5.41) is 0. The quantitative estimate of drug-likeness (QED) is 0.609. The maximum atomic E-state index is 13.9. The van der Waals surface area contributed by atoms with Gasteiger partial charge >= 0.3 is 0 Å². The van der Waals surface area contributed by atoms with Crippen LogP contribution in [0.4, 0.5) is 8.78 Å². The average Bonchev–Trinajstić information content (AvgIpc) is 2.55. The summed E-state index contributed by atoms with van der Waals surface area (Å²) in [4.78, 5) is 0. The minimum Gasteiger partial charge on any atom is -0.494 e. The van der Waals surface area contributed by atoms with Gasteiger partial charge in [0.05, 0.1) is 7.11 Å². The highest BCUT2D eigenvalue weighted by Crippen LogP contribution is 2.34. The fraction of sp³-hybridized carbons (Fsp3) is 0.684. The Kier molecular flexibility index (Phi) is 6.66. The lowest BCUT2D eigenvalue weighted by molar-refractivity contribution is 0.249. The Balaban J connectivity index is 1.81. The fourth-order valence-corrected chi connectivity index (χ4v) is 3.58. The monoisotopic (exact) mass is 310 g/mol. The Bertz CT molecular complexity index is 465. The van der Waals surface area contributed by atoms with Crippen LogP contribution in [0.2, 0.25) is 0 Å². The highest BCUT2D eigenvalue weighted by Gasteiger charge is 2.21. The van der Waals surface area contributed by atoms with Gasteiger partial charge in [-0.1, -0.05) is 57.9 Å². The van der Waals surface area contributed by atoms with E-state index in [2.05, 4.69) is 6.92 Å². The number of methoxy groups -OCH3 is 1. The first-order valence-corrected chi connectivity index (χ1v) is 8.66. The molecule has 1 aliphatic carbocycles. The van der Waals surface area contributed by atoms with E-state index >= 15 is 0 Å². The molecule has 0 spiro atoms. The number of ether oxygens (including phenoxy) is 1. The molecule has 0 amide bonds. The number of hydrogen-bond donors (Lipinski definition) is 0. The number of aryl methyl sites for hydroxylation is 1. The highest BCUT2D eigenvalue weighted by molar-refractivity contribution is 5.31. The summed E-state index contributed by atoms with van der Waals surface area (Å²) in [5.41, 5.74) is 0.478. The SMILES string of the molecule is CCCCC1CCC(CCc2ccc(OC)c(F)c2F)CC1. The van der Waals surface area contributed by atoms with Crippen LogP contribution in [0.25, 0.3) is 0 Å². The van der Waals surface area contributed by atoms with Gasteiger partial charge < -0.3 is 4.74 Å². The van der Waals surface area contributed by atoms with E-state index < -0.39 is 11.6 Å². The maximum absolute atomic E-state index is 13.9. The summed E-state index contributed by atoms with van der Waals surface area (Å²) in [7, 11) is 1.36. The van der Waals surface area contributed by atoms with Crippen LogP contribution in [0, 0.1) is 23.5 Å². The van der Waals surface area contributed by atoms with Gasteiger partial charge in [-0.05, 0) is 36.3 Å². The molecule has 0 atom stereocenters. The Morgan fingerprint density at radius 2 is 1.64 bits per heavy atom. The van der Waals surface area contributed by atoms with E-state index in [9.17, 15) is 8.78 Å². The van der Waals surface area contributed by atoms with Gasteiger partial charge in [0.15, 0.2) is 11.6 Å². The molecule has 1 nitrogen and oxygen atoms in total. The zero-order valence-corrected chi connectivity index (χ0v) is 13.8. The fourth-order valence-electron chi connectivity index (χ4n) is 3.58. The molecule has 1 saturated carbocycles. The van der Waals surface area contributed by atoms with E-state index in [0.717, 1.165) is 12.3 Å². The normalized spacial score (nSPS) is 21.8. The molecular formula is C19H28F2O. The largest absolute Gasteiger partial charge is 0.494 e. The third kappa shape index (κ3) is 4.44. The summed E-state index contributed by atoms with van der Waals surface area (Å²) in [6, 6.07) is 3.18. The molecule has 1 fully saturated rings. The van der Waals surface area contributed by atoms with E-state index in [4.69, 9.17) is 4.74 Å². The number of hydrogen-bond acceptors (Lipinski definition) is 1. The molecule has 1 aromatic carbocycles. The van der Waals surface area contributed by atoms with Crippen LogP contribution in [0.5, 0.6) is 5.75 Å². The second-order valence-corrected chi connectivity index (χ2v) is 6.62. The molecule has 22 heavy (non-hydrogen) atoms. The van der Waals surface area contributed by atoms with Crippen molar-refractivity contribution < 1.29 is 13.5 Å². The lowest BCUT2D eigenvalue weighted by Gasteiger charge is -2.28. The number of benzene rings is 1. The van der Waals surface area contributed by atoms with Crippen molar-refractivity contribution >= 4 is 0 Å². The minimum absolute atomic E-state index is 0.0160. The van der Waals surface area contributed by atoms with Crippen molar-refractivity contribution in [1.29, 1.82) is 0 Å². The molecule has 0 radical (unpaired) electrons. The van der Waals surface area contributed by atoms with Crippen molar-refractivity contribution in [2.75, 3.05) is 7.11 Å². The van der Waals surface area contributed by atoms with Crippen molar-refractivity contribution in [2.45, 2.75) is 64.7 Å². The molecule has 0 N–H and O–H groups in total. The van der Waals surface area contributed by atoms with E-state index in [1.807, 2.05) is 0 Å². The zero-order valence-electron chi connectivity index (χ0n) is 13.8. The molecule has 0 aliphatic heterocycles. The van der Waals surface area contributed by atoms with Crippen LogP contribution >= 0.6 is 0 Å². The van der Waals surface area contributed by atoms with Gasteiger partial charge in [0.25, 0.3) is 0 Å². The second-order valence-electron chi connectivity index (χ2n) is 6.62. The van der Waals surface area contributed by atoms with Crippen molar-refractivity contribution in [1.82, 2.24) is 0 Å². The molecule has 124 valence electrons. The van der Waals surface area contributed by atoms with Crippen molar-refractivity contribution in [2.24, 2.45) is 11.8 Å². The summed E-state index contributed by atoms with van der Waals surface area (Å²) < 4.78 is 32.5. The lowest BCUT2D eigenvalue weighted by Crippen LogP contribution is -2.15. The van der Waals surface area contributed by atoms with Crippen molar-refractivity contribution in [3.63, 3.8) is 0 Å². The van der Waals surface area contributed by atoms with Gasteiger partial charge in [0.1, 0.15) is 0 Å². The summed E-state index contributed by atoms with van der Waals surface area (Å²) >= 11 is 0. The number of unbranched alkanes of at least 4 members (excludes halogenated alkanes) is 1. The van der Waals surface area contributed by atoms with Crippen LogP contribution in [0.15, 0.2) is 12.1 Å². The second kappa shape index (κ2) is 8.50. The summed E-state index contributed by atoms with van der Waals surface area (Å²) in [5.74, 6) is -0.0502. The third-order valence-electron chi connectivity index (χ3n) is 5.10. The van der Waals surface area contributed by atoms with Crippen LogP contribution in [0.3, 0.4) is 0 Å². The molecule has 0 bridgehead atoms. The predicted molar refractivity (Wildman–Crippen MR) is 86.2 cm³/mol. The van der Waals surface area contributed by atoms with Crippen molar-refractivity contribution in [3.05, 3.63) is 29.3 Å². The Hall–Kier alpha value is -1.12. The lowest BCUT2D eigenvalue weighted by atomic mass is 9.78. The molecule has 3 heteroatoms. The standard InChI is InChI=1S/C19H28F2O/c1-3-4-5-14-6-8-15(9-7-14)10-11-16-12-13-17(22-2)19(21)18(16)20/h12-15H,3-11H2,1-2H3. The molecule has 0 aromatic heterocycles. The molecule has 0 saturated heterocycles. The van der Waals surface area contributed by atoms with Crippen molar-refractivity contribution in [3.8, 4) is 5.75 Å². The first kappa shape index (κ1) is 17.2. The smallest absolute Gasteiger partial charge is 0.200 e.